The highest BCUT2D eigenvalue weighted by atomic mass is 32.2. The van der Waals surface area contributed by atoms with Crippen LogP contribution in [0.4, 0.5) is 0 Å². The van der Waals surface area contributed by atoms with Gasteiger partial charge in [0.15, 0.2) is 5.16 Å². The quantitative estimate of drug-likeness (QED) is 0.789. The Balaban J connectivity index is 1.51. The summed E-state index contributed by atoms with van der Waals surface area (Å²) >= 11 is 1.55. The Labute approximate surface area is 141 Å². The van der Waals surface area contributed by atoms with E-state index in [4.69, 9.17) is 4.74 Å². The number of rotatable bonds is 7. The van der Waals surface area contributed by atoms with Gasteiger partial charge in [0, 0.05) is 11.8 Å². The molecule has 0 radical (unpaired) electrons. The lowest BCUT2D eigenvalue weighted by Crippen LogP contribution is -2.20. The Morgan fingerprint density at radius 1 is 1.30 bits per heavy atom. The normalized spacial score (nSPS) is 15.7. The molecule has 124 valence electrons. The number of aromatic nitrogens is 3. The maximum atomic E-state index is 10.2. The molecule has 0 spiro atoms. The summed E-state index contributed by atoms with van der Waals surface area (Å²) in [6, 6.07) is 6.61. The third-order valence-electron chi connectivity index (χ3n) is 3.91. The van der Waals surface area contributed by atoms with E-state index >= 15 is 0 Å². The molecule has 0 bridgehead atoms. The van der Waals surface area contributed by atoms with Crippen molar-refractivity contribution in [3.05, 3.63) is 35.2 Å². The number of benzene rings is 1. The van der Waals surface area contributed by atoms with E-state index in [-0.39, 0.29) is 6.61 Å². The summed E-state index contributed by atoms with van der Waals surface area (Å²) in [4.78, 5) is 0. The van der Waals surface area contributed by atoms with E-state index in [9.17, 15) is 5.11 Å². The smallest absolute Gasteiger partial charge is 0.191 e. The van der Waals surface area contributed by atoms with Gasteiger partial charge in [0.2, 0.25) is 0 Å². The van der Waals surface area contributed by atoms with Crippen molar-refractivity contribution in [3.8, 4) is 5.75 Å². The van der Waals surface area contributed by atoms with Gasteiger partial charge >= 0.3 is 0 Å². The van der Waals surface area contributed by atoms with Crippen molar-refractivity contribution < 1.29 is 9.84 Å². The third-order valence-corrected chi connectivity index (χ3v) is 5.00. The van der Waals surface area contributed by atoms with E-state index in [1.807, 2.05) is 26.0 Å². The van der Waals surface area contributed by atoms with E-state index < -0.39 is 6.10 Å². The fourth-order valence-corrected chi connectivity index (χ4v) is 3.52. The Kier molecular flexibility index (Phi) is 4.92. The van der Waals surface area contributed by atoms with Gasteiger partial charge in [0.25, 0.3) is 0 Å². The molecular weight excluding hydrogens is 310 g/mol. The van der Waals surface area contributed by atoms with Crippen LogP contribution in [0, 0.1) is 20.8 Å². The molecule has 23 heavy (non-hydrogen) atoms. The predicted molar refractivity (Wildman–Crippen MR) is 91.2 cm³/mol. The highest BCUT2D eigenvalue weighted by molar-refractivity contribution is 7.99. The fraction of sp³-hybridized carbons (Fsp3) is 0.529. The lowest BCUT2D eigenvalue weighted by Gasteiger charge is -2.14. The van der Waals surface area contributed by atoms with Gasteiger partial charge < -0.3 is 14.4 Å². The molecule has 3 rings (SSSR count). The van der Waals surface area contributed by atoms with Crippen LogP contribution in [-0.2, 0) is 0 Å². The first-order valence-corrected chi connectivity index (χ1v) is 8.95. The number of aryl methyl sites for hydroxylation is 3. The molecular formula is C17H23N3O2S. The van der Waals surface area contributed by atoms with Crippen molar-refractivity contribution in [1.82, 2.24) is 14.8 Å². The topological polar surface area (TPSA) is 60.2 Å². The molecule has 1 saturated carbocycles. The second-order valence-electron chi connectivity index (χ2n) is 6.18. The molecule has 1 N–H and O–H groups in total. The highest BCUT2D eigenvalue weighted by Gasteiger charge is 2.28. The molecule has 1 heterocycles. The Bertz CT molecular complexity index is 682. The lowest BCUT2D eigenvalue weighted by atomic mass is 10.1. The minimum absolute atomic E-state index is 0.285. The average molecular weight is 333 g/mol. The van der Waals surface area contributed by atoms with Gasteiger partial charge in [-0.2, -0.15) is 0 Å². The van der Waals surface area contributed by atoms with Crippen LogP contribution in [0.5, 0.6) is 5.75 Å². The van der Waals surface area contributed by atoms with Gasteiger partial charge in [0.05, 0.1) is 6.10 Å². The van der Waals surface area contributed by atoms with Crippen LogP contribution in [0.2, 0.25) is 0 Å². The lowest BCUT2D eigenvalue weighted by molar-refractivity contribution is 0.126. The van der Waals surface area contributed by atoms with Crippen molar-refractivity contribution in [3.63, 3.8) is 0 Å². The van der Waals surface area contributed by atoms with Gasteiger partial charge in [-0.25, -0.2) is 0 Å². The first-order valence-electron chi connectivity index (χ1n) is 7.97. The molecule has 1 unspecified atom stereocenters. The van der Waals surface area contributed by atoms with Crippen LogP contribution in [-0.4, -0.2) is 38.3 Å². The van der Waals surface area contributed by atoms with Crippen LogP contribution in [0.25, 0.3) is 0 Å². The molecule has 0 saturated heterocycles. The molecule has 6 heteroatoms. The SMILES string of the molecule is Cc1ccc(OCC(O)CSc2nnc(C)n2C2CC2)c(C)c1. The summed E-state index contributed by atoms with van der Waals surface area (Å²) in [7, 11) is 0. The molecule has 1 aromatic heterocycles. The molecule has 1 aliphatic carbocycles. The van der Waals surface area contributed by atoms with Crippen LogP contribution >= 0.6 is 11.8 Å². The van der Waals surface area contributed by atoms with E-state index in [1.165, 1.54) is 18.4 Å². The maximum Gasteiger partial charge on any atom is 0.191 e. The number of aliphatic hydroxyl groups is 1. The number of nitrogens with zero attached hydrogens (tertiary/aromatic N) is 3. The van der Waals surface area contributed by atoms with E-state index in [2.05, 4.69) is 27.8 Å². The summed E-state index contributed by atoms with van der Waals surface area (Å²) in [6.07, 6.45) is 1.86. The monoisotopic (exact) mass is 333 g/mol. The molecule has 1 atom stereocenters. The maximum absolute atomic E-state index is 10.2. The first-order chi connectivity index (χ1) is 11.0. The second kappa shape index (κ2) is 6.93. The van der Waals surface area contributed by atoms with Crippen molar-refractivity contribution in [1.29, 1.82) is 0 Å². The first kappa shape index (κ1) is 16.3. The molecule has 1 aromatic carbocycles. The summed E-state index contributed by atoms with van der Waals surface area (Å²) in [5.74, 6) is 2.34. The van der Waals surface area contributed by atoms with E-state index in [0.29, 0.717) is 11.8 Å². The number of thioether (sulfide) groups is 1. The Hall–Kier alpha value is -1.53. The Morgan fingerprint density at radius 2 is 2.09 bits per heavy atom. The van der Waals surface area contributed by atoms with E-state index in [0.717, 1.165) is 22.3 Å². The van der Waals surface area contributed by atoms with Gasteiger partial charge in [-0.05, 0) is 45.2 Å². The number of ether oxygens (including phenoxy) is 1. The van der Waals surface area contributed by atoms with Crippen molar-refractivity contribution in [2.75, 3.05) is 12.4 Å². The average Bonchev–Trinajstić information content (AvgIpc) is 3.27. The van der Waals surface area contributed by atoms with Gasteiger partial charge in [-0.3, -0.25) is 0 Å². The Morgan fingerprint density at radius 3 is 2.78 bits per heavy atom. The van der Waals surface area contributed by atoms with Crippen molar-refractivity contribution in [2.45, 2.75) is 50.9 Å². The zero-order valence-corrected chi connectivity index (χ0v) is 14.6. The van der Waals surface area contributed by atoms with Crippen LogP contribution < -0.4 is 4.74 Å². The number of aliphatic hydroxyl groups excluding tert-OH is 1. The minimum atomic E-state index is -0.537. The fourth-order valence-electron chi connectivity index (χ4n) is 2.57. The number of hydrogen-bond acceptors (Lipinski definition) is 5. The zero-order chi connectivity index (χ0) is 16.4. The molecule has 5 nitrogen and oxygen atoms in total. The third kappa shape index (κ3) is 4.06. The number of hydrogen-bond donors (Lipinski definition) is 1. The van der Waals surface area contributed by atoms with Gasteiger partial charge in [-0.1, -0.05) is 29.5 Å². The molecule has 2 aromatic rings. The van der Waals surface area contributed by atoms with Crippen LogP contribution in [0.3, 0.4) is 0 Å². The molecule has 0 amide bonds. The van der Waals surface area contributed by atoms with Crippen molar-refractivity contribution in [2.24, 2.45) is 0 Å². The molecule has 0 aliphatic heterocycles. The predicted octanol–water partition coefficient (Wildman–Crippen LogP) is 3.07. The second-order valence-corrected chi connectivity index (χ2v) is 7.16. The highest BCUT2D eigenvalue weighted by Crippen LogP contribution is 2.38. The van der Waals surface area contributed by atoms with Crippen LogP contribution in [0.1, 0.15) is 35.8 Å². The largest absolute Gasteiger partial charge is 0.491 e. The van der Waals surface area contributed by atoms with E-state index in [1.54, 1.807) is 11.8 Å². The minimum Gasteiger partial charge on any atom is -0.491 e. The zero-order valence-electron chi connectivity index (χ0n) is 13.8. The summed E-state index contributed by atoms with van der Waals surface area (Å²) in [5, 5.41) is 19.4. The molecule has 1 fully saturated rings. The summed E-state index contributed by atoms with van der Waals surface area (Å²) in [5.41, 5.74) is 2.30. The van der Waals surface area contributed by atoms with Crippen molar-refractivity contribution >= 4 is 11.8 Å². The van der Waals surface area contributed by atoms with Gasteiger partial charge in [-0.15, -0.1) is 10.2 Å². The van der Waals surface area contributed by atoms with Crippen LogP contribution in [0.15, 0.2) is 23.4 Å². The summed E-state index contributed by atoms with van der Waals surface area (Å²) < 4.78 is 7.91. The standard InChI is InChI=1S/C17H23N3O2S/c1-11-4-7-16(12(2)8-11)22-9-15(21)10-23-17-19-18-13(3)20(17)14-5-6-14/h4,7-8,14-15,21H,5-6,9-10H2,1-3H3. The summed E-state index contributed by atoms with van der Waals surface area (Å²) in [6.45, 7) is 6.34. The molecule has 1 aliphatic rings. The van der Waals surface area contributed by atoms with Gasteiger partial charge in [0.1, 0.15) is 18.2 Å².